The molecule has 1 amide bonds. The van der Waals surface area contributed by atoms with E-state index in [1.807, 2.05) is 0 Å². The fraction of sp³-hybridized carbons (Fsp3) is 0.125. The molecule has 3 aromatic rings. The SMILES string of the molecule is O=C(COc1cc(Cl)ccc1Cl)NCc1cn2cc(Cl)ccc2n1. The van der Waals surface area contributed by atoms with Crippen LogP contribution in [0.2, 0.25) is 15.1 Å². The zero-order valence-electron chi connectivity index (χ0n) is 12.3. The van der Waals surface area contributed by atoms with Crippen LogP contribution in [0.1, 0.15) is 5.69 Å². The fourth-order valence-corrected chi connectivity index (χ4v) is 2.58. The minimum absolute atomic E-state index is 0.167. The van der Waals surface area contributed by atoms with Crippen molar-refractivity contribution in [3.8, 4) is 5.75 Å². The third-order valence-corrected chi connectivity index (χ3v) is 3.95. The summed E-state index contributed by atoms with van der Waals surface area (Å²) in [7, 11) is 0. The van der Waals surface area contributed by atoms with Crippen LogP contribution in [0, 0.1) is 0 Å². The van der Waals surface area contributed by atoms with E-state index in [9.17, 15) is 4.79 Å². The number of amides is 1. The number of benzene rings is 1. The number of carbonyl (C=O) groups excluding carboxylic acids is 1. The van der Waals surface area contributed by atoms with Gasteiger partial charge in [0.25, 0.3) is 5.91 Å². The normalized spacial score (nSPS) is 10.8. The first-order chi connectivity index (χ1) is 11.5. The second kappa shape index (κ2) is 7.30. The van der Waals surface area contributed by atoms with E-state index < -0.39 is 0 Å². The lowest BCUT2D eigenvalue weighted by molar-refractivity contribution is -0.123. The van der Waals surface area contributed by atoms with Gasteiger partial charge in [0.1, 0.15) is 11.4 Å². The van der Waals surface area contributed by atoms with Crippen molar-refractivity contribution in [3.63, 3.8) is 0 Å². The number of nitrogens with zero attached hydrogens (tertiary/aromatic N) is 2. The van der Waals surface area contributed by atoms with Gasteiger partial charge in [-0.1, -0.05) is 34.8 Å². The van der Waals surface area contributed by atoms with E-state index in [2.05, 4.69) is 10.3 Å². The molecule has 0 aliphatic rings. The summed E-state index contributed by atoms with van der Waals surface area (Å²) in [5.74, 6) is 0.0721. The molecule has 24 heavy (non-hydrogen) atoms. The van der Waals surface area contributed by atoms with E-state index in [0.717, 1.165) is 5.65 Å². The second-order valence-corrected chi connectivity index (χ2v) is 6.27. The highest BCUT2D eigenvalue weighted by Gasteiger charge is 2.08. The molecule has 0 bridgehead atoms. The molecule has 0 fully saturated rings. The summed E-state index contributed by atoms with van der Waals surface area (Å²) < 4.78 is 7.17. The topological polar surface area (TPSA) is 55.6 Å². The summed E-state index contributed by atoms with van der Waals surface area (Å²) in [4.78, 5) is 16.3. The third kappa shape index (κ3) is 4.12. The standard InChI is InChI=1S/C16H12Cl3N3O2/c17-10-1-3-13(19)14(5-10)24-9-16(23)20-6-12-8-22-7-11(18)2-4-15(22)21-12/h1-5,7-8H,6,9H2,(H,20,23). The number of fused-ring (bicyclic) bond motifs is 1. The van der Waals surface area contributed by atoms with E-state index in [-0.39, 0.29) is 19.1 Å². The first-order valence-electron chi connectivity index (χ1n) is 6.99. The van der Waals surface area contributed by atoms with Crippen molar-refractivity contribution < 1.29 is 9.53 Å². The molecule has 0 spiro atoms. The number of nitrogens with one attached hydrogen (secondary N) is 1. The second-order valence-electron chi connectivity index (χ2n) is 4.99. The van der Waals surface area contributed by atoms with Gasteiger partial charge in [0.05, 0.1) is 22.3 Å². The Morgan fingerprint density at radius 3 is 2.75 bits per heavy atom. The van der Waals surface area contributed by atoms with Crippen molar-refractivity contribution in [1.29, 1.82) is 0 Å². The number of carbonyl (C=O) groups is 1. The molecule has 8 heteroatoms. The van der Waals surface area contributed by atoms with Crippen molar-refractivity contribution in [2.24, 2.45) is 0 Å². The molecule has 0 atom stereocenters. The predicted octanol–water partition coefficient (Wildman–Crippen LogP) is 3.99. The van der Waals surface area contributed by atoms with Gasteiger partial charge in [-0.3, -0.25) is 4.79 Å². The average molecular weight is 385 g/mol. The van der Waals surface area contributed by atoms with E-state index in [1.54, 1.807) is 47.1 Å². The molecule has 0 saturated carbocycles. The van der Waals surface area contributed by atoms with Crippen molar-refractivity contribution in [2.45, 2.75) is 6.54 Å². The highest BCUT2D eigenvalue weighted by molar-refractivity contribution is 6.34. The van der Waals surface area contributed by atoms with Crippen molar-refractivity contribution >= 4 is 46.4 Å². The largest absolute Gasteiger partial charge is 0.482 e. The minimum atomic E-state index is -0.291. The number of aromatic nitrogens is 2. The molecule has 0 unspecified atom stereocenters. The van der Waals surface area contributed by atoms with Crippen LogP contribution in [-0.2, 0) is 11.3 Å². The summed E-state index contributed by atoms with van der Waals surface area (Å²) >= 11 is 17.8. The lowest BCUT2D eigenvalue weighted by atomic mass is 10.3. The Bertz CT molecular complexity index is 895. The van der Waals surface area contributed by atoms with Crippen LogP contribution in [0.5, 0.6) is 5.75 Å². The zero-order valence-corrected chi connectivity index (χ0v) is 14.6. The van der Waals surface area contributed by atoms with Gasteiger partial charge in [0.2, 0.25) is 0 Å². The Kier molecular flexibility index (Phi) is 5.14. The molecule has 2 heterocycles. The monoisotopic (exact) mass is 383 g/mol. The number of hydrogen-bond donors (Lipinski definition) is 1. The molecular weight excluding hydrogens is 373 g/mol. The van der Waals surface area contributed by atoms with Gasteiger partial charge in [-0.2, -0.15) is 0 Å². The van der Waals surface area contributed by atoms with Crippen LogP contribution < -0.4 is 10.1 Å². The zero-order chi connectivity index (χ0) is 17.1. The lowest BCUT2D eigenvalue weighted by Crippen LogP contribution is -2.28. The molecular formula is C16H12Cl3N3O2. The maximum Gasteiger partial charge on any atom is 0.258 e. The van der Waals surface area contributed by atoms with Crippen molar-refractivity contribution in [1.82, 2.24) is 14.7 Å². The number of rotatable bonds is 5. The van der Waals surface area contributed by atoms with Gasteiger partial charge in [-0.25, -0.2) is 4.98 Å². The smallest absolute Gasteiger partial charge is 0.258 e. The minimum Gasteiger partial charge on any atom is -0.482 e. The molecule has 2 aromatic heterocycles. The molecule has 0 aliphatic carbocycles. The van der Waals surface area contributed by atoms with Gasteiger partial charge < -0.3 is 14.5 Å². The summed E-state index contributed by atoms with van der Waals surface area (Å²) in [5, 5.41) is 4.22. The summed E-state index contributed by atoms with van der Waals surface area (Å²) in [5.41, 5.74) is 1.47. The fourth-order valence-electron chi connectivity index (χ4n) is 2.07. The summed E-state index contributed by atoms with van der Waals surface area (Å²) in [6.45, 7) is 0.115. The van der Waals surface area contributed by atoms with Crippen LogP contribution in [0.15, 0.2) is 42.7 Å². The number of imidazole rings is 1. The van der Waals surface area contributed by atoms with Crippen LogP contribution in [0.25, 0.3) is 5.65 Å². The third-order valence-electron chi connectivity index (χ3n) is 3.18. The van der Waals surface area contributed by atoms with Gasteiger partial charge in [-0.05, 0) is 24.3 Å². The Balaban J connectivity index is 1.55. The number of hydrogen-bond acceptors (Lipinski definition) is 3. The van der Waals surface area contributed by atoms with Gasteiger partial charge in [-0.15, -0.1) is 0 Å². The molecule has 0 saturated heterocycles. The predicted molar refractivity (Wildman–Crippen MR) is 94.0 cm³/mol. The maximum absolute atomic E-state index is 11.9. The Morgan fingerprint density at radius 1 is 1.12 bits per heavy atom. The Morgan fingerprint density at radius 2 is 1.92 bits per heavy atom. The molecule has 1 N–H and O–H groups in total. The van der Waals surface area contributed by atoms with Crippen molar-refractivity contribution in [3.05, 3.63) is 63.5 Å². The molecule has 0 aliphatic heterocycles. The van der Waals surface area contributed by atoms with E-state index in [1.165, 1.54) is 0 Å². The molecule has 0 radical (unpaired) electrons. The average Bonchev–Trinajstić information content (AvgIpc) is 2.95. The summed E-state index contributed by atoms with van der Waals surface area (Å²) in [6, 6.07) is 8.38. The summed E-state index contributed by atoms with van der Waals surface area (Å²) in [6.07, 6.45) is 3.55. The van der Waals surface area contributed by atoms with E-state index in [0.29, 0.717) is 26.5 Å². The number of halogens is 3. The molecule has 3 rings (SSSR count). The molecule has 124 valence electrons. The van der Waals surface area contributed by atoms with E-state index >= 15 is 0 Å². The Hall–Kier alpha value is -1.95. The number of pyridine rings is 1. The van der Waals surface area contributed by atoms with Crippen LogP contribution in [0.4, 0.5) is 0 Å². The Labute approximate surface area is 153 Å². The van der Waals surface area contributed by atoms with Crippen molar-refractivity contribution in [2.75, 3.05) is 6.61 Å². The first kappa shape index (κ1) is 16.9. The van der Waals surface area contributed by atoms with Gasteiger partial charge >= 0.3 is 0 Å². The highest BCUT2D eigenvalue weighted by atomic mass is 35.5. The molecule has 5 nitrogen and oxygen atoms in total. The first-order valence-corrected chi connectivity index (χ1v) is 8.12. The highest BCUT2D eigenvalue weighted by Crippen LogP contribution is 2.27. The lowest BCUT2D eigenvalue weighted by Gasteiger charge is -2.08. The van der Waals surface area contributed by atoms with Crippen LogP contribution in [-0.4, -0.2) is 21.9 Å². The maximum atomic E-state index is 11.9. The van der Waals surface area contributed by atoms with Gasteiger partial charge in [0, 0.05) is 23.5 Å². The van der Waals surface area contributed by atoms with E-state index in [4.69, 9.17) is 39.5 Å². The van der Waals surface area contributed by atoms with Crippen LogP contribution >= 0.6 is 34.8 Å². The molecule has 1 aromatic carbocycles. The number of ether oxygens (including phenoxy) is 1. The quantitative estimate of drug-likeness (QED) is 0.723. The van der Waals surface area contributed by atoms with Gasteiger partial charge in [0.15, 0.2) is 6.61 Å². The van der Waals surface area contributed by atoms with Crippen LogP contribution in [0.3, 0.4) is 0 Å².